The highest BCUT2D eigenvalue weighted by Gasteiger charge is 2.46. The number of carbonyl (C=O) groups excluding carboxylic acids is 1. The average molecular weight is 577 g/mol. The SMILES string of the molecule is CC(=O)OCCCCC(CO)C1=CC2C[C@H](OC3CCCCO3)[C@@H](C=CCCCCCCOC3CCCCO3)C2C1. The van der Waals surface area contributed by atoms with Crippen LogP contribution in [0.5, 0.6) is 0 Å². The van der Waals surface area contributed by atoms with E-state index in [4.69, 9.17) is 23.7 Å². The molecule has 4 rings (SSSR count). The van der Waals surface area contributed by atoms with Gasteiger partial charge in [0.05, 0.1) is 12.7 Å². The molecule has 1 N–H and O–H groups in total. The van der Waals surface area contributed by atoms with Gasteiger partial charge in [0.15, 0.2) is 12.6 Å². The molecule has 7 atom stereocenters. The molecule has 0 aromatic heterocycles. The molecule has 7 heteroatoms. The van der Waals surface area contributed by atoms with E-state index in [2.05, 4.69) is 18.2 Å². The first-order valence-electron chi connectivity index (χ1n) is 16.8. The van der Waals surface area contributed by atoms with Gasteiger partial charge in [-0.25, -0.2) is 0 Å². The summed E-state index contributed by atoms with van der Waals surface area (Å²) in [5.74, 6) is 1.43. The molecule has 2 heterocycles. The van der Waals surface area contributed by atoms with E-state index in [1.807, 2.05) is 0 Å². The Kier molecular flexibility index (Phi) is 14.7. The fourth-order valence-corrected chi connectivity index (χ4v) is 7.12. The van der Waals surface area contributed by atoms with Gasteiger partial charge in [0, 0.05) is 45.2 Å². The van der Waals surface area contributed by atoms with Crippen molar-refractivity contribution >= 4 is 5.97 Å². The summed E-state index contributed by atoms with van der Waals surface area (Å²) in [6.07, 6.45) is 24.9. The largest absolute Gasteiger partial charge is 0.466 e. The maximum Gasteiger partial charge on any atom is 0.302 e. The van der Waals surface area contributed by atoms with Crippen molar-refractivity contribution in [2.45, 2.75) is 128 Å². The Hall–Kier alpha value is -1.25. The van der Waals surface area contributed by atoms with Crippen LogP contribution in [-0.4, -0.2) is 62.8 Å². The molecule has 1 saturated carbocycles. The number of aliphatic hydroxyl groups excluding tert-OH is 1. The van der Waals surface area contributed by atoms with Crippen LogP contribution >= 0.6 is 0 Å². The van der Waals surface area contributed by atoms with Crippen LogP contribution in [0, 0.1) is 23.7 Å². The molecule has 3 fully saturated rings. The van der Waals surface area contributed by atoms with E-state index < -0.39 is 0 Å². The van der Waals surface area contributed by atoms with E-state index in [1.54, 1.807) is 0 Å². The number of allylic oxidation sites excluding steroid dienone is 2. The lowest BCUT2D eigenvalue weighted by Gasteiger charge is -2.29. The number of hydrogen-bond donors (Lipinski definition) is 1. The van der Waals surface area contributed by atoms with E-state index in [0.717, 1.165) is 90.4 Å². The highest BCUT2D eigenvalue weighted by Crippen LogP contribution is 2.50. The molecule has 0 bridgehead atoms. The molecule has 7 nitrogen and oxygen atoms in total. The summed E-state index contributed by atoms with van der Waals surface area (Å²) < 4.78 is 29.1. The van der Waals surface area contributed by atoms with Crippen LogP contribution in [0.2, 0.25) is 0 Å². The minimum Gasteiger partial charge on any atom is -0.466 e. The van der Waals surface area contributed by atoms with Crippen molar-refractivity contribution < 1.29 is 33.6 Å². The van der Waals surface area contributed by atoms with Gasteiger partial charge in [0.2, 0.25) is 0 Å². The van der Waals surface area contributed by atoms with Gasteiger partial charge in [0.25, 0.3) is 0 Å². The summed E-state index contributed by atoms with van der Waals surface area (Å²) in [5.41, 5.74) is 1.42. The molecule has 2 saturated heterocycles. The van der Waals surface area contributed by atoms with Crippen molar-refractivity contribution in [2.24, 2.45) is 23.7 Å². The lowest BCUT2D eigenvalue weighted by Crippen LogP contribution is -2.30. The lowest BCUT2D eigenvalue weighted by molar-refractivity contribution is -0.192. The van der Waals surface area contributed by atoms with Gasteiger partial charge in [0.1, 0.15) is 0 Å². The third-order valence-electron chi connectivity index (χ3n) is 9.40. The lowest BCUT2D eigenvalue weighted by atomic mass is 9.86. The smallest absolute Gasteiger partial charge is 0.302 e. The highest BCUT2D eigenvalue weighted by molar-refractivity contribution is 5.65. The second kappa shape index (κ2) is 18.4. The Balaban J connectivity index is 1.21. The number of unbranched alkanes of at least 4 members (excludes halogenated alkanes) is 5. The number of hydrogen-bond acceptors (Lipinski definition) is 7. The highest BCUT2D eigenvalue weighted by atomic mass is 16.7. The molecule has 0 spiro atoms. The summed E-state index contributed by atoms with van der Waals surface area (Å²) in [7, 11) is 0. The van der Waals surface area contributed by atoms with Crippen molar-refractivity contribution in [3.8, 4) is 0 Å². The predicted octanol–water partition coefficient (Wildman–Crippen LogP) is 6.87. The average Bonchev–Trinajstić information content (AvgIpc) is 3.53. The fourth-order valence-electron chi connectivity index (χ4n) is 7.12. The number of carbonyl (C=O) groups is 1. The Labute approximate surface area is 248 Å². The number of ether oxygens (including phenoxy) is 5. The maximum atomic E-state index is 11.0. The molecule has 2 aliphatic carbocycles. The van der Waals surface area contributed by atoms with E-state index >= 15 is 0 Å². The normalized spacial score (nSPS) is 30.8. The number of fused-ring (bicyclic) bond motifs is 1. The van der Waals surface area contributed by atoms with Crippen molar-refractivity contribution in [3.63, 3.8) is 0 Å². The van der Waals surface area contributed by atoms with Crippen LogP contribution in [-0.2, 0) is 28.5 Å². The molecule has 4 aliphatic rings. The molecule has 0 amide bonds. The quantitative estimate of drug-likeness (QED) is 0.108. The van der Waals surface area contributed by atoms with E-state index in [1.165, 1.54) is 44.6 Å². The summed E-state index contributed by atoms with van der Waals surface area (Å²) >= 11 is 0. The van der Waals surface area contributed by atoms with E-state index in [-0.39, 0.29) is 37.2 Å². The Morgan fingerprint density at radius 3 is 2.49 bits per heavy atom. The summed E-state index contributed by atoms with van der Waals surface area (Å²) in [5, 5.41) is 10.2. The summed E-state index contributed by atoms with van der Waals surface area (Å²) in [6.45, 7) is 4.57. The van der Waals surface area contributed by atoms with Gasteiger partial charge in [-0.1, -0.05) is 36.6 Å². The van der Waals surface area contributed by atoms with Crippen molar-refractivity contribution in [2.75, 3.05) is 33.0 Å². The van der Waals surface area contributed by atoms with Crippen molar-refractivity contribution in [3.05, 3.63) is 23.8 Å². The third kappa shape index (κ3) is 11.1. The standard InChI is InChI=1S/C34H56O7/c1-26(36)37-18-11-7-14-27(25-35)28-22-29-24-32(41-34-17-9-13-21-40-34)30(31(29)23-28)15-6-4-2-3-5-10-19-38-33-16-8-12-20-39-33/h6,15,22,27,29-35H,2-5,7-14,16-21,23-25H2,1H3/t27?,29?,30-,31?,32-,33?,34?/m0/s1. The number of rotatable bonds is 18. The van der Waals surface area contributed by atoms with Gasteiger partial charge in [-0.05, 0) is 102 Å². The van der Waals surface area contributed by atoms with Gasteiger partial charge in [-0.3, -0.25) is 4.79 Å². The van der Waals surface area contributed by atoms with Crippen LogP contribution < -0.4 is 0 Å². The maximum absolute atomic E-state index is 11.0. The van der Waals surface area contributed by atoms with Crippen LogP contribution in [0.4, 0.5) is 0 Å². The van der Waals surface area contributed by atoms with Crippen LogP contribution in [0.25, 0.3) is 0 Å². The fraction of sp³-hybridized carbons (Fsp3) is 0.853. The third-order valence-corrected chi connectivity index (χ3v) is 9.40. The summed E-state index contributed by atoms with van der Waals surface area (Å²) in [4.78, 5) is 11.0. The molecule has 0 aromatic rings. The first-order valence-corrected chi connectivity index (χ1v) is 16.8. The zero-order valence-corrected chi connectivity index (χ0v) is 25.5. The zero-order chi connectivity index (χ0) is 28.7. The van der Waals surface area contributed by atoms with E-state index in [9.17, 15) is 9.90 Å². The Bertz CT molecular complexity index is 799. The molecule has 234 valence electrons. The first kappa shape index (κ1) is 32.7. The zero-order valence-electron chi connectivity index (χ0n) is 25.5. The van der Waals surface area contributed by atoms with Crippen molar-refractivity contribution in [1.82, 2.24) is 0 Å². The van der Waals surface area contributed by atoms with Gasteiger partial charge >= 0.3 is 5.97 Å². The van der Waals surface area contributed by atoms with Crippen LogP contribution in [0.3, 0.4) is 0 Å². The van der Waals surface area contributed by atoms with Gasteiger partial charge < -0.3 is 28.8 Å². The topological polar surface area (TPSA) is 83.5 Å². The first-order chi connectivity index (χ1) is 20.1. The minimum absolute atomic E-state index is 0.0293. The Morgan fingerprint density at radius 2 is 1.76 bits per heavy atom. The molecule has 0 radical (unpaired) electrons. The summed E-state index contributed by atoms with van der Waals surface area (Å²) in [6, 6.07) is 0. The van der Waals surface area contributed by atoms with Crippen LogP contribution in [0.15, 0.2) is 23.8 Å². The monoisotopic (exact) mass is 576 g/mol. The number of esters is 1. The Morgan fingerprint density at radius 1 is 1.00 bits per heavy atom. The second-order valence-electron chi connectivity index (χ2n) is 12.6. The van der Waals surface area contributed by atoms with Gasteiger partial charge in [-0.2, -0.15) is 0 Å². The predicted molar refractivity (Wildman–Crippen MR) is 159 cm³/mol. The minimum atomic E-state index is -0.223. The molecule has 41 heavy (non-hydrogen) atoms. The van der Waals surface area contributed by atoms with Crippen molar-refractivity contribution in [1.29, 1.82) is 0 Å². The van der Waals surface area contributed by atoms with Crippen LogP contribution in [0.1, 0.15) is 110 Å². The van der Waals surface area contributed by atoms with Gasteiger partial charge in [-0.15, -0.1) is 0 Å². The molecule has 0 aromatic carbocycles. The number of aliphatic hydroxyl groups is 1. The van der Waals surface area contributed by atoms with E-state index in [0.29, 0.717) is 24.4 Å². The molecule has 2 aliphatic heterocycles. The molecular formula is C34H56O7. The molecule has 5 unspecified atom stereocenters. The molecular weight excluding hydrogens is 520 g/mol. The second-order valence-corrected chi connectivity index (χ2v) is 12.6.